The van der Waals surface area contributed by atoms with Crippen LogP contribution in [0.25, 0.3) is 50.2 Å². The Labute approximate surface area is 330 Å². The fourth-order valence-electron chi connectivity index (χ4n) is 8.58. The van der Waals surface area contributed by atoms with E-state index in [2.05, 4.69) is 138 Å². The van der Waals surface area contributed by atoms with Crippen LogP contribution in [0.5, 0.6) is 0 Å². The zero-order valence-electron chi connectivity index (χ0n) is 30.3. The van der Waals surface area contributed by atoms with Gasteiger partial charge in [0.25, 0.3) is 0 Å². The summed E-state index contributed by atoms with van der Waals surface area (Å²) in [6.45, 7) is 0. The first-order chi connectivity index (χ1) is 27.8. The average molecular weight is 738 g/mol. The minimum absolute atomic E-state index is 0.000168. The highest BCUT2D eigenvalue weighted by molar-refractivity contribution is 8.09. The van der Waals surface area contributed by atoms with Crippen molar-refractivity contribution < 1.29 is 0 Å². The van der Waals surface area contributed by atoms with E-state index in [1.54, 1.807) is 0 Å². The Morgan fingerprint density at radius 1 is 0.464 bits per heavy atom. The van der Waals surface area contributed by atoms with Crippen LogP contribution in [-0.4, -0.2) is 21.0 Å². The Balaban J connectivity index is 1.02. The molecule has 7 aromatic carbocycles. The smallest absolute Gasteiger partial charge is 0.164 e. The second-order valence-electron chi connectivity index (χ2n) is 14.4. The number of thioether (sulfide) groups is 1. The van der Waals surface area contributed by atoms with Crippen LogP contribution in [0.15, 0.2) is 194 Å². The van der Waals surface area contributed by atoms with Gasteiger partial charge in [0.1, 0.15) is 0 Å². The molecule has 1 aromatic heterocycles. The van der Waals surface area contributed by atoms with E-state index in [1.165, 1.54) is 44.1 Å². The fraction of sp³-hybridized carbons (Fsp3) is 0.0600. The molecule has 56 heavy (non-hydrogen) atoms. The standard InChI is InChI=1S/C50H35N5S/c1-5-16-33(17-6-1)43-42-45-47(39-24-13-14-27-41(39)55(45)37-22-11-4-12-23-37)56-46(42)40-26-15-25-38(44(40)51-43)32-28-30-36(31-29-32)50-53-48(34-18-7-2-8-19-34)52-49(54-50)35-20-9-3-10-21-35/h1-31,43,45,47,51H. The molecular formula is C50H35N5S. The van der Waals surface area contributed by atoms with Gasteiger partial charge in [-0.25, -0.2) is 15.0 Å². The van der Waals surface area contributed by atoms with Crippen molar-refractivity contribution >= 4 is 33.7 Å². The molecule has 0 bridgehead atoms. The van der Waals surface area contributed by atoms with Crippen LogP contribution in [0.1, 0.15) is 28.0 Å². The third-order valence-electron chi connectivity index (χ3n) is 11.1. The number of aromatic nitrogens is 3. The Morgan fingerprint density at radius 2 is 0.982 bits per heavy atom. The largest absolute Gasteiger partial charge is 0.373 e. The molecular weight excluding hydrogens is 703 g/mol. The summed E-state index contributed by atoms with van der Waals surface area (Å²) in [5.74, 6) is 1.96. The molecule has 3 aliphatic rings. The lowest BCUT2D eigenvalue weighted by molar-refractivity contribution is 0.715. The van der Waals surface area contributed by atoms with E-state index in [0.29, 0.717) is 17.5 Å². The second-order valence-corrected chi connectivity index (χ2v) is 15.5. The molecule has 8 aromatic rings. The summed E-state index contributed by atoms with van der Waals surface area (Å²) in [7, 11) is 0. The lowest BCUT2D eigenvalue weighted by Gasteiger charge is -2.37. The van der Waals surface area contributed by atoms with Crippen molar-refractivity contribution in [2.45, 2.75) is 17.3 Å². The van der Waals surface area contributed by atoms with E-state index < -0.39 is 0 Å². The summed E-state index contributed by atoms with van der Waals surface area (Å²) in [5.41, 5.74) is 14.2. The Morgan fingerprint density at radius 3 is 1.62 bits per heavy atom. The summed E-state index contributed by atoms with van der Waals surface area (Å²) >= 11 is 2.03. The molecule has 0 saturated carbocycles. The molecule has 6 heteroatoms. The molecule has 1 N–H and O–H groups in total. The van der Waals surface area contributed by atoms with Gasteiger partial charge < -0.3 is 10.2 Å². The molecule has 266 valence electrons. The number of hydrogen-bond donors (Lipinski definition) is 1. The van der Waals surface area contributed by atoms with Gasteiger partial charge in [-0.2, -0.15) is 0 Å². The van der Waals surface area contributed by atoms with Gasteiger partial charge in [0.15, 0.2) is 17.5 Å². The number of rotatable bonds is 6. The maximum absolute atomic E-state index is 4.98. The van der Waals surface area contributed by atoms with E-state index >= 15 is 0 Å². The van der Waals surface area contributed by atoms with Gasteiger partial charge in [0.2, 0.25) is 0 Å². The quantitative estimate of drug-likeness (QED) is 0.183. The van der Waals surface area contributed by atoms with Crippen LogP contribution in [0.4, 0.5) is 17.1 Å². The third kappa shape index (κ3) is 5.44. The zero-order valence-corrected chi connectivity index (χ0v) is 31.1. The number of nitrogens with zero attached hydrogens (tertiary/aromatic N) is 4. The van der Waals surface area contributed by atoms with Gasteiger partial charge in [-0.15, -0.1) is 11.8 Å². The zero-order chi connectivity index (χ0) is 37.0. The van der Waals surface area contributed by atoms with Crippen molar-refractivity contribution in [3.8, 4) is 45.3 Å². The summed E-state index contributed by atoms with van der Waals surface area (Å²) in [6, 6.07) is 66.6. The molecule has 0 spiro atoms. The van der Waals surface area contributed by atoms with Gasteiger partial charge in [0, 0.05) is 44.1 Å². The number of nitrogens with one attached hydrogen (secondary N) is 1. The highest BCUT2D eigenvalue weighted by atomic mass is 32.2. The van der Waals surface area contributed by atoms with E-state index in [-0.39, 0.29) is 17.3 Å². The summed E-state index contributed by atoms with van der Waals surface area (Å²) in [4.78, 5) is 18.8. The van der Waals surface area contributed by atoms with E-state index in [9.17, 15) is 0 Å². The fourth-order valence-corrected chi connectivity index (χ4v) is 10.2. The van der Waals surface area contributed by atoms with Gasteiger partial charge in [-0.1, -0.05) is 170 Å². The maximum Gasteiger partial charge on any atom is 0.164 e. The molecule has 3 aliphatic heterocycles. The highest BCUT2D eigenvalue weighted by Gasteiger charge is 2.51. The molecule has 0 amide bonds. The number of hydrogen-bond acceptors (Lipinski definition) is 6. The van der Waals surface area contributed by atoms with E-state index in [4.69, 9.17) is 15.0 Å². The molecule has 0 saturated heterocycles. The van der Waals surface area contributed by atoms with Crippen LogP contribution >= 0.6 is 11.8 Å². The third-order valence-corrected chi connectivity index (χ3v) is 12.6. The lowest BCUT2D eigenvalue weighted by atomic mass is 9.84. The van der Waals surface area contributed by atoms with Crippen LogP contribution in [0.2, 0.25) is 0 Å². The van der Waals surface area contributed by atoms with Crippen molar-refractivity contribution in [3.05, 3.63) is 210 Å². The lowest BCUT2D eigenvalue weighted by Crippen LogP contribution is -2.34. The van der Waals surface area contributed by atoms with Crippen molar-refractivity contribution in [1.29, 1.82) is 0 Å². The molecule has 5 nitrogen and oxygen atoms in total. The summed E-state index contributed by atoms with van der Waals surface area (Å²) in [6.07, 6.45) is 0. The molecule has 3 atom stereocenters. The normalized spacial score (nSPS) is 17.8. The molecule has 4 heterocycles. The van der Waals surface area contributed by atoms with Gasteiger partial charge >= 0.3 is 0 Å². The highest BCUT2D eigenvalue weighted by Crippen LogP contribution is 2.66. The number of fused-ring (bicyclic) bond motifs is 6. The first-order valence-electron chi connectivity index (χ1n) is 19.0. The molecule has 0 fully saturated rings. The monoisotopic (exact) mass is 737 g/mol. The number of benzene rings is 7. The Hall–Kier alpha value is -6.76. The van der Waals surface area contributed by atoms with Gasteiger partial charge in [-0.05, 0) is 40.5 Å². The maximum atomic E-state index is 4.98. The second kappa shape index (κ2) is 13.5. The van der Waals surface area contributed by atoms with Crippen molar-refractivity contribution in [2.75, 3.05) is 10.2 Å². The van der Waals surface area contributed by atoms with Crippen LogP contribution in [0.3, 0.4) is 0 Å². The van der Waals surface area contributed by atoms with Crippen LogP contribution in [0, 0.1) is 0 Å². The van der Waals surface area contributed by atoms with Gasteiger partial charge in [-0.3, -0.25) is 0 Å². The van der Waals surface area contributed by atoms with Crippen molar-refractivity contribution in [2.24, 2.45) is 0 Å². The molecule has 11 rings (SSSR count). The topological polar surface area (TPSA) is 53.9 Å². The Kier molecular flexibility index (Phi) is 7.88. The van der Waals surface area contributed by atoms with Crippen LogP contribution < -0.4 is 10.2 Å². The molecule has 3 unspecified atom stereocenters. The first-order valence-corrected chi connectivity index (χ1v) is 19.9. The first kappa shape index (κ1) is 32.7. The van der Waals surface area contributed by atoms with E-state index in [1.807, 2.05) is 72.4 Å². The minimum atomic E-state index is 0.000168. The van der Waals surface area contributed by atoms with Crippen molar-refractivity contribution in [3.63, 3.8) is 0 Å². The van der Waals surface area contributed by atoms with E-state index in [0.717, 1.165) is 27.9 Å². The van der Waals surface area contributed by atoms with Crippen LogP contribution in [-0.2, 0) is 0 Å². The SMILES string of the molecule is c1ccc(-c2nc(-c3ccccc3)nc(-c3ccc(-c4cccc5c4NC(c4ccccc4)C4=C5SC5c6ccccc6N(c6ccccc6)C45)cc3)n2)cc1. The summed E-state index contributed by atoms with van der Waals surface area (Å²) in [5, 5.41) is 4.41. The van der Waals surface area contributed by atoms with Gasteiger partial charge in [0.05, 0.1) is 23.0 Å². The number of anilines is 3. The summed E-state index contributed by atoms with van der Waals surface area (Å²) < 4.78 is 0. The predicted molar refractivity (Wildman–Crippen MR) is 230 cm³/mol. The Bertz CT molecular complexity index is 2700. The number of para-hydroxylation sites is 3. The average Bonchev–Trinajstić information content (AvgIpc) is 3.83. The van der Waals surface area contributed by atoms with Crippen molar-refractivity contribution in [1.82, 2.24) is 15.0 Å². The minimum Gasteiger partial charge on any atom is -0.373 e. The predicted octanol–water partition coefficient (Wildman–Crippen LogP) is 12.4. The molecule has 0 aliphatic carbocycles. The molecule has 0 radical (unpaired) electrons.